The minimum absolute atomic E-state index is 0.242. The van der Waals surface area contributed by atoms with Crippen molar-refractivity contribution in [3.05, 3.63) is 24.7 Å². The van der Waals surface area contributed by atoms with Crippen molar-refractivity contribution in [1.82, 2.24) is 14.6 Å². The summed E-state index contributed by atoms with van der Waals surface area (Å²) in [5.41, 5.74) is 6.53. The third-order valence-corrected chi connectivity index (χ3v) is 3.30. The molecule has 7 heteroatoms. The Morgan fingerprint density at radius 1 is 1.53 bits per heavy atom. The van der Waals surface area contributed by atoms with E-state index in [-0.39, 0.29) is 5.84 Å². The molecule has 1 aliphatic rings. The van der Waals surface area contributed by atoms with Crippen LogP contribution in [0.15, 0.2) is 29.8 Å². The average Bonchev–Trinajstić information content (AvgIpc) is 3.15. The summed E-state index contributed by atoms with van der Waals surface area (Å²) in [5, 5.41) is 15.9. The van der Waals surface area contributed by atoms with Gasteiger partial charge in [0.05, 0.1) is 6.20 Å². The van der Waals surface area contributed by atoms with Crippen molar-refractivity contribution in [2.45, 2.75) is 25.3 Å². The highest BCUT2D eigenvalue weighted by molar-refractivity contribution is 5.80. The van der Waals surface area contributed by atoms with E-state index >= 15 is 0 Å². The van der Waals surface area contributed by atoms with E-state index in [1.165, 1.54) is 0 Å². The second-order valence-electron chi connectivity index (χ2n) is 4.68. The topological polar surface area (TPSA) is 92.0 Å². The molecule has 0 aromatic carbocycles. The molecule has 3 N–H and O–H groups in total. The minimum Gasteiger partial charge on any atom is -0.409 e. The number of anilines is 1. The molecule has 0 bridgehead atoms. The van der Waals surface area contributed by atoms with Crippen molar-refractivity contribution in [1.29, 1.82) is 0 Å². The number of amidine groups is 1. The van der Waals surface area contributed by atoms with Gasteiger partial charge in [-0.1, -0.05) is 5.16 Å². The first-order chi connectivity index (χ1) is 9.29. The third kappa shape index (κ3) is 2.31. The first-order valence-corrected chi connectivity index (χ1v) is 6.31. The maximum atomic E-state index is 8.63. The number of oxime groups is 1. The van der Waals surface area contributed by atoms with Gasteiger partial charge in [-0.05, 0) is 18.9 Å². The van der Waals surface area contributed by atoms with Crippen molar-refractivity contribution in [3.8, 4) is 0 Å². The summed E-state index contributed by atoms with van der Waals surface area (Å²) in [5.74, 6) is 1.15. The summed E-state index contributed by atoms with van der Waals surface area (Å²) >= 11 is 0. The van der Waals surface area contributed by atoms with Crippen molar-refractivity contribution < 1.29 is 5.21 Å². The number of fused-ring (bicyclic) bond motifs is 1. The zero-order valence-electron chi connectivity index (χ0n) is 10.5. The summed E-state index contributed by atoms with van der Waals surface area (Å²) in [7, 11) is 0. The van der Waals surface area contributed by atoms with Crippen LogP contribution in [-0.2, 0) is 0 Å². The fourth-order valence-electron chi connectivity index (χ4n) is 2.20. The number of nitrogens with two attached hydrogens (primary N) is 1. The van der Waals surface area contributed by atoms with Crippen LogP contribution in [0.25, 0.3) is 5.52 Å². The van der Waals surface area contributed by atoms with E-state index in [2.05, 4.69) is 20.1 Å². The summed E-state index contributed by atoms with van der Waals surface area (Å²) in [6.07, 6.45) is 8.17. The van der Waals surface area contributed by atoms with Crippen molar-refractivity contribution in [2.24, 2.45) is 10.9 Å². The van der Waals surface area contributed by atoms with E-state index in [0.717, 1.165) is 24.2 Å². The lowest BCUT2D eigenvalue weighted by Crippen LogP contribution is -2.31. The van der Waals surface area contributed by atoms with E-state index in [9.17, 15) is 0 Å². The molecule has 0 aliphatic heterocycles. The van der Waals surface area contributed by atoms with Crippen molar-refractivity contribution in [3.63, 3.8) is 0 Å². The second kappa shape index (κ2) is 4.75. The molecule has 1 fully saturated rings. The maximum absolute atomic E-state index is 8.63. The van der Waals surface area contributed by atoms with Crippen molar-refractivity contribution >= 4 is 17.2 Å². The van der Waals surface area contributed by atoms with Gasteiger partial charge in [0.15, 0.2) is 5.82 Å². The van der Waals surface area contributed by atoms with Gasteiger partial charge in [0.1, 0.15) is 11.4 Å². The van der Waals surface area contributed by atoms with Gasteiger partial charge in [-0.25, -0.2) is 9.50 Å². The van der Waals surface area contributed by atoms with E-state index in [1.54, 1.807) is 16.9 Å². The van der Waals surface area contributed by atoms with E-state index in [1.807, 2.05) is 12.3 Å². The molecule has 1 saturated carbocycles. The molecule has 2 aromatic rings. The molecular weight excluding hydrogens is 244 g/mol. The summed E-state index contributed by atoms with van der Waals surface area (Å²) in [4.78, 5) is 6.68. The van der Waals surface area contributed by atoms with Crippen LogP contribution in [0.2, 0.25) is 0 Å². The molecule has 0 amide bonds. The maximum Gasteiger partial charge on any atom is 0.154 e. The molecule has 1 aliphatic carbocycles. The second-order valence-corrected chi connectivity index (χ2v) is 4.68. The monoisotopic (exact) mass is 260 g/mol. The first kappa shape index (κ1) is 11.8. The van der Waals surface area contributed by atoms with E-state index < -0.39 is 0 Å². The normalized spacial score (nSPS) is 15.9. The van der Waals surface area contributed by atoms with Gasteiger partial charge in [0, 0.05) is 31.4 Å². The highest BCUT2D eigenvalue weighted by atomic mass is 16.4. The van der Waals surface area contributed by atoms with Gasteiger partial charge in [-0.3, -0.25) is 0 Å². The lowest BCUT2D eigenvalue weighted by Gasteiger charge is -2.23. The standard InChI is InChI=1S/C12H16N6O/c13-11(16-19)4-7-17(9-1-2-9)12-10-3-5-15-18(10)8-6-14-12/h3,5-6,8-9,19H,1-2,4,7H2,(H2,13,16). The Balaban J connectivity index is 1.89. The predicted molar refractivity (Wildman–Crippen MR) is 71.4 cm³/mol. The molecule has 7 nitrogen and oxygen atoms in total. The Kier molecular flexibility index (Phi) is 2.94. The molecule has 19 heavy (non-hydrogen) atoms. The summed E-state index contributed by atoms with van der Waals surface area (Å²) < 4.78 is 1.81. The first-order valence-electron chi connectivity index (χ1n) is 6.31. The van der Waals surface area contributed by atoms with Crippen LogP contribution in [-0.4, -0.2) is 38.2 Å². The van der Waals surface area contributed by atoms with Gasteiger partial charge in [0.2, 0.25) is 0 Å². The quantitative estimate of drug-likeness (QED) is 0.359. The van der Waals surface area contributed by atoms with Gasteiger partial charge >= 0.3 is 0 Å². The van der Waals surface area contributed by atoms with Crippen LogP contribution in [0.4, 0.5) is 5.82 Å². The molecule has 0 unspecified atom stereocenters. The fourth-order valence-corrected chi connectivity index (χ4v) is 2.20. The SMILES string of the molecule is N/C(CCN(c1nccn2nccc12)C1CC1)=N/O. The fraction of sp³-hybridized carbons (Fsp3) is 0.417. The Bertz CT molecular complexity index is 603. The van der Waals surface area contributed by atoms with Crippen LogP contribution < -0.4 is 10.6 Å². The van der Waals surface area contributed by atoms with Gasteiger partial charge in [-0.2, -0.15) is 5.10 Å². The Hall–Kier alpha value is -2.31. The lowest BCUT2D eigenvalue weighted by atomic mass is 10.3. The average molecular weight is 260 g/mol. The smallest absolute Gasteiger partial charge is 0.154 e. The zero-order chi connectivity index (χ0) is 13.2. The number of aromatic nitrogens is 3. The number of nitrogens with zero attached hydrogens (tertiary/aromatic N) is 5. The molecule has 2 aromatic heterocycles. The highest BCUT2D eigenvalue weighted by Gasteiger charge is 2.31. The van der Waals surface area contributed by atoms with Crippen LogP contribution in [0, 0.1) is 0 Å². The van der Waals surface area contributed by atoms with Crippen LogP contribution in [0.5, 0.6) is 0 Å². The predicted octanol–water partition coefficient (Wildman–Crippen LogP) is 0.835. The van der Waals surface area contributed by atoms with Gasteiger partial charge in [0.25, 0.3) is 0 Å². The Labute approximate surface area is 110 Å². The van der Waals surface area contributed by atoms with Crippen LogP contribution in [0.1, 0.15) is 19.3 Å². The molecule has 0 atom stereocenters. The number of hydrogen-bond donors (Lipinski definition) is 2. The minimum atomic E-state index is 0.242. The number of rotatable bonds is 5. The molecule has 0 radical (unpaired) electrons. The third-order valence-electron chi connectivity index (χ3n) is 3.30. The summed E-state index contributed by atoms with van der Waals surface area (Å²) in [6, 6.07) is 2.45. The van der Waals surface area contributed by atoms with E-state index in [4.69, 9.17) is 10.9 Å². The summed E-state index contributed by atoms with van der Waals surface area (Å²) in [6.45, 7) is 0.693. The molecule has 3 rings (SSSR count). The molecular formula is C12H16N6O. The molecule has 0 spiro atoms. The molecule has 2 heterocycles. The lowest BCUT2D eigenvalue weighted by molar-refractivity contribution is 0.317. The van der Waals surface area contributed by atoms with Crippen LogP contribution >= 0.6 is 0 Å². The Morgan fingerprint density at radius 2 is 2.37 bits per heavy atom. The molecule has 0 saturated heterocycles. The zero-order valence-corrected chi connectivity index (χ0v) is 10.5. The van der Waals surface area contributed by atoms with Crippen LogP contribution in [0.3, 0.4) is 0 Å². The Morgan fingerprint density at radius 3 is 3.11 bits per heavy atom. The van der Waals surface area contributed by atoms with Gasteiger partial charge in [-0.15, -0.1) is 0 Å². The van der Waals surface area contributed by atoms with Crippen molar-refractivity contribution in [2.75, 3.05) is 11.4 Å². The number of hydrogen-bond acceptors (Lipinski definition) is 5. The van der Waals surface area contributed by atoms with E-state index in [0.29, 0.717) is 19.0 Å². The largest absolute Gasteiger partial charge is 0.409 e. The highest BCUT2D eigenvalue weighted by Crippen LogP contribution is 2.32. The molecule has 100 valence electrons. The van der Waals surface area contributed by atoms with Gasteiger partial charge < -0.3 is 15.8 Å².